The lowest BCUT2D eigenvalue weighted by Gasteiger charge is -2.19. The smallest absolute Gasteiger partial charge is 0.243 e. The predicted octanol–water partition coefficient (Wildman–Crippen LogP) is 4.86. The van der Waals surface area contributed by atoms with Crippen LogP contribution in [0.25, 0.3) is 0 Å². The number of aliphatic imine (C=N–C) groups is 1. The summed E-state index contributed by atoms with van der Waals surface area (Å²) in [5.74, 6) is 1.92. The molecule has 1 saturated carbocycles. The first-order valence-electron chi connectivity index (χ1n) is 11.6. The van der Waals surface area contributed by atoms with E-state index in [1.165, 1.54) is 16.7 Å². The number of carbonyl (C=O) groups excluding carboxylic acids is 1. The summed E-state index contributed by atoms with van der Waals surface area (Å²) in [6.45, 7) is 1.53. The van der Waals surface area contributed by atoms with Gasteiger partial charge < -0.3 is 14.8 Å². The molecule has 1 amide bonds. The van der Waals surface area contributed by atoms with Gasteiger partial charge in [0.2, 0.25) is 5.91 Å². The van der Waals surface area contributed by atoms with Crippen molar-refractivity contribution in [3.8, 4) is 11.5 Å². The number of nitrogens with one attached hydrogen (secondary N) is 1. The second-order valence-corrected chi connectivity index (χ2v) is 8.66. The molecule has 0 saturated heterocycles. The highest BCUT2D eigenvalue weighted by Gasteiger charge is 2.55. The number of methoxy groups -OCH3 is 2. The van der Waals surface area contributed by atoms with Crippen LogP contribution < -0.4 is 14.8 Å². The van der Waals surface area contributed by atoms with Crippen molar-refractivity contribution in [3.63, 3.8) is 0 Å². The number of hydrogen-bond acceptors (Lipinski definition) is 4. The first-order valence-corrected chi connectivity index (χ1v) is 11.6. The van der Waals surface area contributed by atoms with E-state index in [1.807, 2.05) is 30.5 Å². The number of hydrogen-bond donors (Lipinski definition) is 1. The van der Waals surface area contributed by atoms with E-state index in [0.717, 1.165) is 43.7 Å². The molecule has 5 nitrogen and oxygen atoms in total. The largest absolute Gasteiger partial charge is 0.497 e. The van der Waals surface area contributed by atoms with E-state index >= 15 is 0 Å². The highest BCUT2D eigenvalue weighted by molar-refractivity contribution is 5.87. The van der Waals surface area contributed by atoms with Crippen molar-refractivity contribution in [1.82, 2.24) is 5.32 Å². The van der Waals surface area contributed by atoms with Crippen LogP contribution in [0.3, 0.4) is 0 Å². The van der Waals surface area contributed by atoms with Crippen LogP contribution in [0.4, 0.5) is 0 Å². The molecule has 0 bridgehead atoms. The quantitative estimate of drug-likeness (QED) is 0.398. The lowest BCUT2D eigenvalue weighted by Crippen LogP contribution is -2.22. The maximum Gasteiger partial charge on any atom is 0.243 e. The maximum atomic E-state index is 12.4. The van der Waals surface area contributed by atoms with Crippen LogP contribution in [0.1, 0.15) is 36.8 Å². The lowest BCUT2D eigenvalue weighted by molar-refractivity contribution is -0.116. The average Bonchev–Trinajstić information content (AvgIpc) is 3.36. The van der Waals surface area contributed by atoms with Crippen molar-refractivity contribution in [2.75, 3.05) is 27.3 Å². The molecule has 2 aliphatic rings. The zero-order chi connectivity index (χ0) is 23.1. The van der Waals surface area contributed by atoms with Gasteiger partial charge in [-0.05, 0) is 84.7 Å². The van der Waals surface area contributed by atoms with E-state index in [2.05, 4.69) is 46.7 Å². The Morgan fingerprint density at radius 2 is 1.67 bits per heavy atom. The topological polar surface area (TPSA) is 59.9 Å². The van der Waals surface area contributed by atoms with E-state index in [0.29, 0.717) is 6.54 Å². The van der Waals surface area contributed by atoms with Crippen molar-refractivity contribution in [3.05, 3.63) is 83.5 Å². The van der Waals surface area contributed by atoms with E-state index < -0.39 is 0 Å². The first-order chi connectivity index (χ1) is 16.2. The zero-order valence-corrected chi connectivity index (χ0v) is 19.4. The number of nitrogens with zero attached hydrogens (tertiary/aromatic N) is 1. The van der Waals surface area contributed by atoms with Gasteiger partial charge in [0.1, 0.15) is 11.5 Å². The SMILES string of the molecule is COc1ccc(C2(c3ccc(OC)cc3)C[C@H]2/C=C/C(=O)NCCCCC2=CC=NC2)cc1. The third kappa shape index (κ3) is 5.36. The summed E-state index contributed by atoms with van der Waals surface area (Å²) in [6, 6.07) is 16.5. The van der Waals surface area contributed by atoms with Gasteiger partial charge in [-0.3, -0.25) is 9.79 Å². The van der Waals surface area contributed by atoms with Gasteiger partial charge in [0.25, 0.3) is 0 Å². The Hall–Kier alpha value is -3.34. The van der Waals surface area contributed by atoms with Crippen molar-refractivity contribution in [2.24, 2.45) is 10.9 Å². The van der Waals surface area contributed by atoms with Crippen LogP contribution in [-0.4, -0.2) is 39.4 Å². The summed E-state index contributed by atoms with van der Waals surface area (Å²) in [5, 5.41) is 3.02. The molecule has 0 radical (unpaired) electrons. The Balaban J connectivity index is 1.37. The zero-order valence-electron chi connectivity index (χ0n) is 19.4. The summed E-state index contributed by atoms with van der Waals surface area (Å²) < 4.78 is 10.7. The molecule has 1 atom stereocenters. The van der Waals surface area contributed by atoms with Gasteiger partial charge in [0, 0.05) is 18.2 Å². The van der Waals surface area contributed by atoms with E-state index in [9.17, 15) is 4.79 Å². The Kier molecular flexibility index (Phi) is 7.28. The molecular formula is C28H32N2O3. The molecule has 2 aromatic rings. The molecule has 0 aromatic heterocycles. The van der Waals surface area contributed by atoms with Crippen molar-refractivity contribution in [2.45, 2.75) is 31.1 Å². The third-order valence-corrected chi connectivity index (χ3v) is 6.64. The van der Waals surface area contributed by atoms with Crippen LogP contribution in [0.5, 0.6) is 11.5 Å². The van der Waals surface area contributed by atoms with E-state index in [4.69, 9.17) is 9.47 Å². The molecule has 33 heavy (non-hydrogen) atoms. The number of amides is 1. The van der Waals surface area contributed by atoms with E-state index in [1.54, 1.807) is 20.3 Å². The van der Waals surface area contributed by atoms with Crippen molar-refractivity contribution < 1.29 is 14.3 Å². The van der Waals surface area contributed by atoms with Gasteiger partial charge in [-0.2, -0.15) is 0 Å². The predicted molar refractivity (Wildman–Crippen MR) is 132 cm³/mol. The molecule has 172 valence electrons. The number of carbonyl (C=O) groups is 1. The van der Waals surface area contributed by atoms with Gasteiger partial charge in [0.05, 0.1) is 20.8 Å². The van der Waals surface area contributed by atoms with Crippen LogP contribution in [0, 0.1) is 5.92 Å². The van der Waals surface area contributed by atoms with Gasteiger partial charge in [-0.15, -0.1) is 0 Å². The second kappa shape index (κ2) is 10.5. The Morgan fingerprint density at radius 1 is 1.03 bits per heavy atom. The fourth-order valence-electron chi connectivity index (χ4n) is 4.62. The normalized spacial score (nSPS) is 18.2. The molecule has 1 fully saturated rings. The Bertz CT molecular complexity index is 988. The van der Waals surface area contributed by atoms with Crippen LogP contribution in [0.2, 0.25) is 0 Å². The maximum absolute atomic E-state index is 12.4. The summed E-state index contributed by atoms with van der Waals surface area (Å²) >= 11 is 0. The highest BCUT2D eigenvalue weighted by atomic mass is 16.5. The monoisotopic (exact) mass is 444 g/mol. The molecule has 1 heterocycles. The minimum atomic E-state index is -0.133. The Morgan fingerprint density at radius 3 is 2.21 bits per heavy atom. The number of rotatable bonds is 11. The van der Waals surface area contributed by atoms with E-state index in [-0.39, 0.29) is 17.2 Å². The van der Waals surface area contributed by atoms with Crippen molar-refractivity contribution in [1.29, 1.82) is 0 Å². The minimum absolute atomic E-state index is 0.0244. The van der Waals surface area contributed by atoms with Gasteiger partial charge in [-0.25, -0.2) is 0 Å². The van der Waals surface area contributed by atoms with Crippen LogP contribution in [0.15, 0.2) is 77.3 Å². The van der Waals surface area contributed by atoms with Crippen LogP contribution >= 0.6 is 0 Å². The summed E-state index contributed by atoms with van der Waals surface area (Å²) in [5.41, 5.74) is 3.71. The fraction of sp³-hybridized carbons (Fsp3) is 0.357. The standard InChI is InChI=1S/C28H32N2O3/c1-32-25-11-6-22(7-12-25)28(23-8-13-26(33-2)14-9-23)19-24(28)10-15-27(31)30-17-4-3-5-21-16-18-29-20-21/h6-16,18,24H,3-5,17,19-20H2,1-2H3,(H,30,31)/b15-10+/t24-/m1/s1. The third-order valence-electron chi connectivity index (χ3n) is 6.64. The molecule has 2 aromatic carbocycles. The second-order valence-electron chi connectivity index (χ2n) is 8.66. The Labute approximate surface area is 196 Å². The molecule has 0 spiro atoms. The molecule has 1 N–H and O–H groups in total. The summed E-state index contributed by atoms with van der Waals surface area (Å²) in [6.07, 6.45) is 11.8. The molecular weight excluding hydrogens is 412 g/mol. The lowest BCUT2D eigenvalue weighted by atomic mass is 9.85. The number of benzene rings is 2. The number of allylic oxidation sites excluding steroid dienone is 2. The van der Waals surface area contributed by atoms with Gasteiger partial charge in [0.15, 0.2) is 0 Å². The van der Waals surface area contributed by atoms with Gasteiger partial charge >= 0.3 is 0 Å². The molecule has 0 unspecified atom stereocenters. The summed E-state index contributed by atoms with van der Waals surface area (Å²) in [7, 11) is 3.35. The van der Waals surface area contributed by atoms with Crippen molar-refractivity contribution >= 4 is 12.1 Å². The average molecular weight is 445 g/mol. The number of ether oxygens (including phenoxy) is 2. The summed E-state index contributed by atoms with van der Waals surface area (Å²) in [4.78, 5) is 16.6. The first kappa shape index (κ1) is 22.8. The van der Waals surface area contributed by atoms with Gasteiger partial charge in [-0.1, -0.05) is 30.3 Å². The fourth-order valence-corrected chi connectivity index (χ4v) is 4.62. The molecule has 1 aliphatic carbocycles. The molecule has 5 heteroatoms. The highest BCUT2D eigenvalue weighted by Crippen LogP contribution is 2.59. The number of unbranched alkanes of at least 4 members (excludes halogenated alkanes) is 1. The van der Waals surface area contributed by atoms with Crippen LogP contribution in [-0.2, 0) is 10.2 Å². The minimum Gasteiger partial charge on any atom is -0.497 e. The molecule has 1 aliphatic heterocycles. The molecule has 4 rings (SSSR count).